The first-order chi connectivity index (χ1) is 19.4. The summed E-state index contributed by atoms with van der Waals surface area (Å²) in [5.41, 5.74) is -2.10. The van der Waals surface area contributed by atoms with Crippen LogP contribution >= 0.6 is 0 Å². The third-order valence-corrected chi connectivity index (χ3v) is 7.09. The molecule has 1 saturated carbocycles. The molecule has 5 heterocycles. The average molecular weight is 579 g/mol. The summed E-state index contributed by atoms with van der Waals surface area (Å²) in [4.78, 5) is 33.4. The smallest absolute Gasteiger partial charge is 0.369 e. The minimum absolute atomic E-state index is 0.0894. The highest BCUT2D eigenvalue weighted by atomic mass is 19.4. The number of alkyl halides is 6. The molecule has 0 radical (unpaired) electrons. The zero-order valence-electron chi connectivity index (χ0n) is 21.6. The standard InChI is InChI=1S/C17H14F3N3O.C10H10F3N3O/c1-2-8-23-9-7-13-12(16(23)24)4-6-15(22-13)14-5-3-11(10-21-14)17(18,19)20;11-10(12,13)8-7(2-14-15-9(8)17)16-3-5-1-6(5)4-16/h3-7,9-10H,2,8H2,1H3;2,5-6H,1,3-4H2,(H,15,17). The number of H-pyrrole nitrogens is 1. The largest absolute Gasteiger partial charge is 0.423 e. The predicted molar refractivity (Wildman–Crippen MR) is 138 cm³/mol. The Morgan fingerprint density at radius 2 is 1.63 bits per heavy atom. The Bertz CT molecular complexity index is 1670. The van der Waals surface area contributed by atoms with E-state index < -0.39 is 29.0 Å². The van der Waals surface area contributed by atoms with Crippen LogP contribution in [0.15, 0.2) is 58.5 Å². The number of hydrogen-bond acceptors (Lipinski definition) is 6. The molecular formula is C27H24F6N6O2. The topological polar surface area (TPSA) is 96.8 Å². The highest BCUT2D eigenvalue weighted by molar-refractivity contribution is 5.80. The van der Waals surface area contributed by atoms with Gasteiger partial charge in [0.05, 0.1) is 39.7 Å². The van der Waals surface area contributed by atoms with Gasteiger partial charge in [0.1, 0.15) is 5.56 Å². The maximum Gasteiger partial charge on any atom is 0.423 e. The highest BCUT2D eigenvalue weighted by Crippen LogP contribution is 2.47. The van der Waals surface area contributed by atoms with Crippen molar-refractivity contribution in [3.05, 3.63) is 80.8 Å². The average Bonchev–Trinajstić information content (AvgIpc) is 3.53. The van der Waals surface area contributed by atoms with E-state index in [-0.39, 0.29) is 11.2 Å². The Labute approximate surface area is 228 Å². The van der Waals surface area contributed by atoms with Crippen molar-refractivity contribution < 1.29 is 26.3 Å². The van der Waals surface area contributed by atoms with Gasteiger partial charge in [0.25, 0.3) is 11.1 Å². The van der Waals surface area contributed by atoms with Crippen LogP contribution in [0.1, 0.15) is 30.9 Å². The van der Waals surface area contributed by atoms with Crippen LogP contribution in [0, 0.1) is 11.8 Å². The van der Waals surface area contributed by atoms with Gasteiger partial charge in [0, 0.05) is 32.0 Å². The summed E-state index contributed by atoms with van der Waals surface area (Å²) in [6, 6.07) is 7.18. The Morgan fingerprint density at radius 1 is 0.927 bits per heavy atom. The Kier molecular flexibility index (Phi) is 7.34. The van der Waals surface area contributed by atoms with Gasteiger partial charge in [-0.1, -0.05) is 6.92 Å². The zero-order valence-corrected chi connectivity index (χ0v) is 21.6. The van der Waals surface area contributed by atoms with Gasteiger partial charge in [-0.25, -0.2) is 10.1 Å². The summed E-state index contributed by atoms with van der Waals surface area (Å²) >= 11 is 0. The molecule has 216 valence electrons. The third kappa shape index (κ3) is 5.95. The predicted octanol–water partition coefficient (Wildman–Crippen LogP) is 5.13. The molecule has 8 nitrogen and oxygen atoms in total. The number of rotatable bonds is 4. The SMILES string of the molecule is CCCn1ccc2nc(-c3ccc(C(F)(F)F)cn3)ccc2c1=O.O=c1[nH]ncc(N2CC3CC3C2)c1C(F)(F)F. The number of aromatic nitrogens is 5. The van der Waals surface area contributed by atoms with Crippen LogP contribution in [-0.2, 0) is 18.9 Å². The second-order valence-corrected chi connectivity index (χ2v) is 9.99. The fourth-order valence-corrected chi connectivity index (χ4v) is 4.94. The molecule has 4 aromatic rings. The summed E-state index contributed by atoms with van der Waals surface area (Å²) < 4.78 is 77.7. The van der Waals surface area contributed by atoms with E-state index in [1.54, 1.807) is 33.9 Å². The van der Waals surface area contributed by atoms with Crippen LogP contribution in [0.2, 0.25) is 0 Å². The lowest BCUT2D eigenvalue weighted by atomic mass is 10.1. The molecule has 2 unspecified atom stereocenters. The van der Waals surface area contributed by atoms with E-state index in [2.05, 4.69) is 15.1 Å². The summed E-state index contributed by atoms with van der Waals surface area (Å²) in [7, 11) is 0. The second-order valence-electron chi connectivity index (χ2n) is 9.99. The summed E-state index contributed by atoms with van der Waals surface area (Å²) in [5.74, 6) is 0.991. The van der Waals surface area contributed by atoms with E-state index in [1.807, 2.05) is 12.0 Å². The van der Waals surface area contributed by atoms with Gasteiger partial charge in [-0.15, -0.1) is 0 Å². The number of fused-ring (bicyclic) bond motifs is 2. The number of aryl methyl sites for hydroxylation is 1. The van der Waals surface area contributed by atoms with E-state index in [4.69, 9.17) is 0 Å². The van der Waals surface area contributed by atoms with Crippen LogP contribution < -0.4 is 16.0 Å². The second kappa shape index (κ2) is 10.6. The molecule has 2 atom stereocenters. The maximum absolute atomic E-state index is 12.8. The van der Waals surface area contributed by atoms with Gasteiger partial charge in [0.2, 0.25) is 0 Å². The van der Waals surface area contributed by atoms with Crippen LogP contribution in [0.25, 0.3) is 22.3 Å². The molecule has 14 heteroatoms. The van der Waals surface area contributed by atoms with Gasteiger partial charge < -0.3 is 9.47 Å². The van der Waals surface area contributed by atoms with Crippen LogP contribution in [0.5, 0.6) is 0 Å². The summed E-state index contributed by atoms with van der Waals surface area (Å²) in [5, 5.41) is 5.78. The molecule has 0 bridgehead atoms. The van der Waals surface area contributed by atoms with Crippen molar-refractivity contribution in [1.29, 1.82) is 0 Å². The van der Waals surface area contributed by atoms with Crippen LogP contribution in [0.4, 0.5) is 32.0 Å². The molecule has 6 rings (SSSR count). The Hall–Kier alpha value is -4.23. The fraction of sp³-hybridized carbons (Fsp3) is 0.370. The van der Waals surface area contributed by atoms with E-state index in [9.17, 15) is 35.9 Å². The maximum atomic E-state index is 12.8. The van der Waals surface area contributed by atoms with Crippen LogP contribution in [0.3, 0.4) is 0 Å². The highest BCUT2D eigenvalue weighted by Gasteiger charge is 2.47. The van der Waals surface area contributed by atoms with Crippen molar-refractivity contribution in [2.45, 2.75) is 38.7 Å². The number of nitrogens with zero attached hydrogens (tertiary/aromatic N) is 5. The third-order valence-electron chi connectivity index (χ3n) is 7.09. The first-order valence-electron chi connectivity index (χ1n) is 12.8. The minimum atomic E-state index is -4.64. The Balaban J connectivity index is 0.000000174. The van der Waals surface area contributed by atoms with Gasteiger partial charge >= 0.3 is 12.4 Å². The number of hydrogen-bond donors (Lipinski definition) is 1. The molecule has 41 heavy (non-hydrogen) atoms. The Morgan fingerprint density at radius 3 is 2.24 bits per heavy atom. The van der Waals surface area contributed by atoms with Crippen molar-refractivity contribution in [3.63, 3.8) is 0 Å². The van der Waals surface area contributed by atoms with Gasteiger partial charge in [-0.3, -0.25) is 14.6 Å². The monoisotopic (exact) mass is 578 g/mol. The fourth-order valence-electron chi connectivity index (χ4n) is 4.94. The lowest BCUT2D eigenvalue weighted by Gasteiger charge is -2.22. The number of anilines is 1. The summed E-state index contributed by atoms with van der Waals surface area (Å²) in [6.45, 7) is 3.79. The summed E-state index contributed by atoms with van der Waals surface area (Å²) in [6.07, 6.45) is -3.59. The number of piperidine rings is 1. The van der Waals surface area contributed by atoms with Gasteiger partial charge in [0.15, 0.2) is 0 Å². The molecule has 1 aliphatic heterocycles. The lowest BCUT2D eigenvalue weighted by molar-refractivity contribution is -0.138. The van der Waals surface area contributed by atoms with E-state index in [1.165, 1.54) is 6.07 Å². The van der Waals surface area contributed by atoms with Gasteiger partial charge in [-0.05, 0) is 55.0 Å². The normalized spacial score (nSPS) is 18.2. The molecule has 1 saturated heterocycles. The molecule has 2 fully saturated rings. The zero-order chi connectivity index (χ0) is 29.5. The van der Waals surface area contributed by atoms with E-state index in [0.717, 1.165) is 31.3 Å². The molecule has 1 N–H and O–H groups in total. The first kappa shape index (κ1) is 28.3. The molecule has 0 aromatic carbocycles. The molecule has 0 spiro atoms. The minimum Gasteiger partial charge on any atom is -0.369 e. The molecule has 4 aromatic heterocycles. The number of halogens is 6. The quantitative estimate of drug-likeness (QED) is 0.338. The molecule has 2 aliphatic rings. The van der Waals surface area contributed by atoms with Crippen molar-refractivity contribution >= 4 is 16.6 Å². The molecule has 1 aliphatic carbocycles. The van der Waals surface area contributed by atoms with E-state index in [0.29, 0.717) is 53.8 Å². The molecular weight excluding hydrogens is 554 g/mol. The lowest BCUT2D eigenvalue weighted by Crippen LogP contribution is -2.31. The van der Waals surface area contributed by atoms with Crippen molar-refractivity contribution in [3.8, 4) is 11.4 Å². The molecule has 0 amide bonds. The van der Waals surface area contributed by atoms with Gasteiger partial charge in [-0.2, -0.15) is 31.4 Å². The van der Waals surface area contributed by atoms with Crippen molar-refractivity contribution in [1.82, 2.24) is 24.7 Å². The van der Waals surface area contributed by atoms with E-state index >= 15 is 0 Å². The van der Waals surface area contributed by atoms with Crippen LogP contribution in [-0.4, -0.2) is 37.8 Å². The van der Waals surface area contributed by atoms with Crippen molar-refractivity contribution in [2.24, 2.45) is 11.8 Å². The van der Waals surface area contributed by atoms with Crippen molar-refractivity contribution in [2.75, 3.05) is 18.0 Å². The number of pyridine rings is 3. The number of aromatic amines is 1. The first-order valence-corrected chi connectivity index (χ1v) is 12.8. The number of nitrogens with one attached hydrogen (secondary N) is 1.